The first kappa shape index (κ1) is 18.7. The van der Waals surface area contributed by atoms with Crippen LogP contribution in [0.1, 0.15) is 41.7 Å². The molecule has 0 saturated carbocycles. The van der Waals surface area contributed by atoms with Crippen LogP contribution in [-0.4, -0.2) is 40.9 Å². The van der Waals surface area contributed by atoms with Crippen LogP contribution in [0.4, 0.5) is 0 Å². The van der Waals surface area contributed by atoms with Crippen molar-refractivity contribution in [3.8, 4) is 11.4 Å². The maximum Gasteiger partial charge on any atom is 0.272 e. The van der Waals surface area contributed by atoms with Gasteiger partial charge in [-0.2, -0.15) is 5.10 Å². The van der Waals surface area contributed by atoms with Gasteiger partial charge >= 0.3 is 0 Å². The number of nitrogens with zero attached hydrogens (tertiary/aromatic N) is 2. The van der Waals surface area contributed by atoms with Gasteiger partial charge < -0.3 is 15.4 Å². The smallest absolute Gasteiger partial charge is 0.272 e. The van der Waals surface area contributed by atoms with Crippen molar-refractivity contribution in [3.63, 3.8) is 0 Å². The van der Waals surface area contributed by atoms with Gasteiger partial charge in [0.25, 0.3) is 5.91 Å². The first-order valence-corrected chi connectivity index (χ1v) is 8.90. The molecule has 2 fully saturated rings. The fourth-order valence-electron chi connectivity index (χ4n) is 3.99. The van der Waals surface area contributed by atoms with E-state index in [1.807, 2.05) is 25.1 Å². The molecule has 4 rings (SSSR count). The third kappa shape index (κ3) is 3.71. The molecule has 140 valence electrons. The van der Waals surface area contributed by atoms with Crippen LogP contribution in [-0.2, 0) is 0 Å². The van der Waals surface area contributed by atoms with E-state index in [9.17, 15) is 4.79 Å². The van der Waals surface area contributed by atoms with Crippen molar-refractivity contribution in [3.05, 3.63) is 41.7 Å². The van der Waals surface area contributed by atoms with E-state index in [0.717, 1.165) is 29.8 Å². The summed E-state index contributed by atoms with van der Waals surface area (Å²) in [7, 11) is 1.64. The van der Waals surface area contributed by atoms with Crippen molar-refractivity contribution in [2.75, 3.05) is 7.11 Å². The molecule has 26 heavy (non-hydrogen) atoms. The zero-order chi connectivity index (χ0) is 17.4. The maximum absolute atomic E-state index is 12.6. The van der Waals surface area contributed by atoms with E-state index in [1.54, 1.807) is 24.1 Å². The summed E-state index contributed by atoms with van der Waals surface area (Å²) in [6.07, 6.45) is 6.26. The van der Waals surface area contributed by atoms with E-state index in [0.29, 0.717) is 17.8 Å². The topological polar surface area (TPSA) is 68.2 Å². The molecule has 2 N–H and O–H groups in total. The molecule has 2 saturated heterocycles. The van der Waals surface area contributed by atoms with Gasteiger partial charge in [0.2, 0.25) is 0 Å². The van der Waals surface area contributed by atoms with E-state index in [-0.39, 0.29) is 24.4 Å². The molecule has 2 aromatic rings. The lowest BCUT2D eigenvalue weighted by molar-refractivity contribution is 0.0918. The summed E-state index contributed by atoms with van der Waals surface area (Å²) >= 11 is 0. The van der Waals surface area contributed by atoms with Crippen LogP contribution >= 0.6 is 12.4 Å². The zero-order valence-electron chi connectivity index (χ0n) is 15.1. The number of rotatable bonds is 4. The molecule has 0 radical (unpaired) electrons. The average Bonchev–Trinajstić information content (AvgIpc) is 3.22. The predicted molar refractivity (Wildman–Crippen MR) is 103 cm³/mol. The van der Waals surface area contributed by atoms with Crippen molar-refractivity contribution in [1.29, 1.82) is 0 Å². The highest BCUT2D eigenvalue weighted by atomic mass is 35.5. The van der Waals surface area contributed by atoms with Crippen molar-refractivity contribution in [1.82, 2.24) is 20.4 Å². The Morgan fingerprint density at radius 2 is 2.00 bits per heavy atom. The number of aromatic nitrogens is 2. The molecule has 0 spiro atoms. The van der Waals surface area contributed by atoms with Crippen LogP contribution in [0, 0.1) is 6.92 Å². The molecule has 1 aromatic heterocycles. The van der Waals surface area contributed by atoms with Gasteiger partial charge in [-0.05, 0) is 56.4 Å². The molecule has 1 aromatic carbocycles. The third-order valence-corrected chi connectivity index (χ3v) is 5.21. The maximum atomic E-state index is 12.6. The summed E-state index contributed by atoms with van der Waals surface area (Å²) in [6.45, 7) is 2.02. The third-order valence-electron chi connectivity index (χ3n) is 5.21. The Balaban J connectivity index is 0.00000196. The van der Waals surface area contributed by atoms with Gasteiger partial charge in [0.15, 0.2) is 5.69 Å². The Bertz CT molecular complexity index is 780. The van der Waals surface area contributed by atoms with E-state index in [1.165, 1.54) is 12.8 Å². The van der Waals surface area contributed by atoms with Gasteiger partial charge in [-0.1, -0.05) is 6.07 Å². The number of nitrogens with one attached hydrogen (secondary N) is 2. The minimum absolute atomic E-state index is 0. The number of hydrogen-bond acceptors (Lipinski definition) is 4. The number of fused-ring (bicyclic) bond motifs is 2. The Hall–Kier alpha value is -2.05. The lowest BCUT2D eigenvalue weighted by Gasteiger charge is -2.29. The summed E-state index contributed by atoms with van der Waals surface area (Å²) in [5, 5.41) is 11.2. The second-order valence-electron chi connectivity index (χ2n) is 7.10. The number of ether oxygens (including phenoxy) is 1. The summed E-state index contributed by atoms with van der Waals surface area (Å²) in [5.41, 5.74) is 2.39. The normalized spacial score (nSPS) is 24.0. The molecule has 2 atom stereocenters. The molecule has 0 aliphatic carbocycles. The molecule has 3 heterocycles. The van der Waals surface area contributed by atoms with Gasteiger partial charge in [-0.3, -0.25) is 4.79 Å². The van der Waals surface area contributed by atoms with E-state index in [4.69, 9.17) is 4.74 Å². The molecule has 7 heteroatoms. The first-order valence-electron chi connectivity index (χ1n) is 8.90. The number of piperidine rings is 1. The van der Waals surface area contributed by atoms with Crippen LogP contribution < -0.4 is 15.4 Å². The summed E-state index contributed by atoms with van der Waals surface area (Å²) < 4.78 is 7.11. The highest BCUT2D eigenvalue weighted by Gasteiger charge is 2.34. The van der Waals surface area contributed by atoms with Crippen LogP contribution in [0.3, 0.4) is 0 Å². The van der Waals surface area contributed by atoms with Crippen molar-refractivity contribution in [2.24, 2.45) is 0 Å². The molecule has 2 aliphatic heterocycles. The van der Waals surface area contributed by atoms with Gasteiger partial charge in [0.05, 0.1) is 7.11 Å². The number of carbonyl (C=O) groups excluding carboxylic acids is 1. The highest BCUT2D eigenvalue weighted by molar-refractivity contribution is 5.92. The minimum Gasteiger partial charge on any atom is -0.494 e. The largest absolute Gasteiger partial charge is 0.494 e. The number of methoxy groups -OCH3 is 1. The SMILES string of the molecule is COc1ccc(C)cc1-n1ccc(C(=O)NC2CC3CCC(C2)N3)n1.Cl. The Labute approximate surface area is 159 Å². The van der Waals surface area contributed by atoms with Gasteiger partial charge in [-0.25, -0.2) is 4.68 Å². The minimum atomic E-state index is -0.100. The lowest BCUT2D eigenvalue weighted by Crippen LogP contribution is -2.48. The number of benzene rings is 1. The Kier molecular flexibility index (Phi) is 5.53. The van der Waals surface area contributed by atoms with Crippen LogP contribution in [0.15, 0.2) is 30.5 Å². The molecule has 1 amide bonds. The van der Waals surface area contributed by atoms with Crippen LogP contribution in [0.5, 0.6) is 5.75 Å². The van der Waals surface area contributed by atoms with Crippen LogP contribution in [0.2, 0.25) is 0 Å². The van der Waals surface area contributed by atoms with E-state index >= 15 is 0 Å². The predicted octanol–water partition coefficient (Wildman–Crippen LogP) is 2.62. The highest BCUT2D eigenvalue weighted by Crippen LogP contribution is 2.27. The van der Waals surface area contributed by atoms with E-state index < -0.39 is 0 Å². The van der Waals surface area contributed by atoms with Gasteiger partial charge in [-0.15, -0.1) is 12.4 Å². The molecular weight excluding hydrogens is 352 g/mol. The summed E-state index contributed by atoms with van der Waals surface area (Å²) in [5.74, 6) is 0.632. The second-order valence-corrected chi connectivity index (χ2v) is 7.10. The van der Waals surface area contributed by atoms with E-state index in [2.05, 4.69) is 15.7 Å². The van der Waals surface area contributed by atoms with Gasteiger partial charge in [0, 0.05) is 24.3 Å². The van der Waals surface area contributed by atoms with Crippen molar-refractivity contribution < 1.29 is 9.53 Å². The average molecular weight is 377 g/mol. The van der Waals surface area contributed by atoms with Gasteiger partial charge in [0.1, 0.15) is 11.4 Å². The molecule has 2 aliphatic rings. The number of amides is 1. The first-order chi connectivity index (χ1) is 12.1. The number of hydrogen-bond donors (Lipinski definition) is 2. The van der Waals surface area contributed by atoms with Crippen molar-refractivity contribution in [2.45, 2.75) is 50.7 Å². The fourth-order valence-corrected chi connectivity index (χ4v) is 3.99. The molecule has 2 unspecified atom stereocenters. The second kappa shape index (κ2) is 7.68. The van der Waals surface area contributed by atoms with Crippen LogP contribution in [0.25, 0.3) is 5.69 Å². The zero-order valence-corrected chi connectivity index (χ0v) is 15.9. The number of aryl methyl sites for hydroxylation is 1. The monoisotopic (exact) mass is 376 g/mol. The molecular formula is C19H25ClN4O2. The molecule has 6 nitrogen and oxygen atoms in total. The van der Waals surface area contributed by atoms with Crippen molar-refractivity contribution >= 4 is 18.3 Å². The quantitative estimate of drug-likeness (QED) is 0.860. The molecule has 2 bridgehead atoms. The number of carbonyl (C=O) groups is 1. The standard InChI is InChI=1S/C19H24N4O2.ClH/c1-12-3-6-18(25-2)17(9-12)23-8-7-16(22-23)19(24)21-15-10-13-4-5-14(11-15)20-13;/h3,6-9,13-15,20H,4-5,10-11H2,1-2H3,(H,21,24);1H. The summed E-state index contributed by atoms with van der Waals surface area (Å²) in [4.78, 5) is 12.6. The lowest BCUT2D eigenvalue weighted by atomic mass is 10.00. The Morgan fingerprint density at radius 3 is 2.69 bits per heavy atom. The Morgan fingerprint density at radius 1 is 1.27 bits per heavy atom. The fraction of sp³-hybridized carbons (Fsp3) is 0.474. The summed E-state index contributed by atoms with van der Waals surface area (Å²) in [6, 6.07) is 9.01. The number of halogens is 1.